The van der Waals surface area contributed by atoms with Crippen LogP contribution in [-0.4, -0.2) is 24.1 Å². The van der Waals surface area contributed by atoms with Gasteiger partial charge in [0.15, 0.2) is 9.84 Å². The molecule has 2 aromatic carbocycles. The summed E-state index contributed by atoms with van der Waals surface area (Å²) in [6.45, 7) is 0. The normalized spacial score (nSPS) is 11.6. The van der Waals surface area contributed by atoms with Crippen molar-refractivity contribution in [2.45, 2.75) is 10.8 Å². The quantitative estimate of drug-likeness (QED) is 0.803. The maximum atomic E-state index is 12.4. The van der Waals surface area contributed by atoms with E-state index in [-0.39, 0.29) is 16.3 Å². The predicted octanol–water partition coefficient (Wildman–Crippen LogP) is 2.77. The molecule has 3 rings (SSSR count). The van der Waals surface area contributed by atoms with Crippen molar-refractivity contribution in [1.82, 2.24) is 4.57 Å². The Morgan fingerprint density at radius 3 is 2.45 bits per heavy atom. The van der Waals surface area contributed by atoms with Gasteiger partial charge in [-0.05, 0) is 35.7 Å². The lowest BCUT2D eigenvalue weighted by Gasteiger charge is -2.08. The second-order valence-corrected chi connectivity index (χ2v) is 6.88. The van der Waals surface area contributed by atoms with Crippen LogP contribution in [-0.2, 0) is 15.7 Å². The number of hydrogen-bond acceptors (Lipinski definition) is 3. The standard InChI is InChI=1S/C16H13NO4S/c18-16(19)13-7-6-12-8-9-17(15(12)10-13)11-22(20,21)14-4-2-1-3-5-14/h1-10H,11H2,(H,18,19). The van der Waals surface area contributed by atoms with Crippen molar-refractivity contribution in [3.63, 3.8) is 0 Å². The van der Waals surface area contributed by atoms with Gasteiger partial charge in [-0.15, -0.1) is 0 Å². The summed E-state index contributed by atoms with van der Waals surface area (Å²) in [6.07, 6.45) is 1.65. The maximum Gasteiger partial charge on any atom is 0.335 e. The summed E-state index contributed by atoms with van der Waals surface area (Å²) in [5.74, 6) is -1.27. The molecule has 0 unspecified atom stereocenters. The van der Waals surface area contributed by atoms with E-state index in [0.29, 0.717) is 5.52 Å². The molecule has 0 saturated carbocycles. The number of benzene rings is 2. The third-order valence-electron chi connectivity index (χ3n) is 3.43. The van der Waals surface area contributed by atoms with Gasteiger partial charge in [-0.1, -0.05) is 24.3 Å². The van der Waals surface area contributed by atoms with E-state index < -0.39 is 15.8 Å². The lowest BCUT2D eigenvalue weighted by Crippen LogP contribution is -2.10. The Kier molecular flexibility index (Phi) is 3.46. The van der Waals surface area contributed by atoms with E-state index >= 15 is 0 Å². The third-order valence-corrected chi connectivity index (χ3v) is 5.04. The molecule has 3 aromatic rings. The number of rotatable bonds is 4. The van der Waals surface area contributed by atoms with Crippen LogP contribution in [0.15, 0.2) is 65.7 Å². The Labute approximate surface area is 127 Å². The van der Waals surface area contributed by atoms with Crippen LogP contribution >= 0.6 is 0 Å². The first kappa shape index (κ1) is 14.3. The van der Waals surface area contributed by atoms with Crippen LogP contribution in [0.5, 0.6) is 0 Å². The van der Waals surface area contributed by atoms with Crippen LogP contribution in [0.1, 0.15) is 10.4 Å². The first-order valence-corrected chi connectivity index (χ1v) is 8.22. The molecule has 22 heavy (non-hydrogen) atoms. The van der Waals surface area contributed by atoms with Gasteiger partial charge in [0.25, 0.3) is 0 Å². The second-order valence-electron chi connectivity index (χ2n) is 4.92. The molecule has 0 saturated heterocycles. The molecule has 1 heterocycles. The molecule has 5 nitrogen and oxygen atoms in total. The summed E-state index contributed by atoms with van der Waals surface area (Å²) in [4.78, 5) is 11.3. The van der Waals surface area contributed by atoms with E-state index in [1.54, 1.807) is 53.2 Å². The van der Waals surface area contributed by atoms with Crippen LogP contribution in [0.25, 0.3) is 10.9 Å². The van der Waals surface area contributed by atoms with Crippen molar-refractivity contribution in [2.24, 2.45) is 0 Å². The Morgan fingerprint density at radius 1 is 1.05 bits per heavy atom. The van der Waals surface area contributed by atoms with E-state index in [2.05, 4.69) is 0 Å². The highest BCUT2D eigenvalue weighted by molar-refractivity contribution is 7.90. The largest absolute Gasteiger partial charge is 0.478 e. The van der Waals surface area contributed by atoms with Gasteiger partial charge in [0.1, 0.15) is 5.88 Å². The molecule has 0 aliphatic rings. The number of carboxylic acids is 1. The van der Waals surface area contributed by atoms with Gasteiger partial charge in [0, 0.05) is 11.7 Å². The first-order valence-electron chi connectivity index (χ1n) is 6.57. The SMILES string of the molecule is O=C(O)c1ccc2ccn(CS(=O)(=O)c3ccccc3)c2c1. The number of aromatic carboxylic acids is 1. The molecule has 0 aliphatic heterocycles. The van der Waals surface area contributed by atoms with E-state index in [1.165, 1.54) is 12.1 Å². The number of carbonyl (C=O) groups is 1. The zero-order valence-electron chi connectivity index (χ0n) is 11.5. The lowest BCUT2D eigenvalue weighted by atomic mass is 10.2. The number of hydrogen-bond donors (Lipinski definition) is 1. The monoisotopic (exact) mass is 315 g/mol. The van der Waals surface area contributed by atoms with Crippen LogP contribution in [0.4, 0.5) is 0 Å². The Bertz CT molecular complexity index is 943. The van der Waals surface area contributed by atoms with Gasteiger partial charge in [0.2, 0.25) is 0 Å². The van der Waals surface area contributed by atoms with Gasteiger partial charge < -0.3 is 9.67 Å². The smallest absolute Gasteiger partial charge is 0.335 e. The fraction of sp³-hybridized carbons (Fsp3) is 0.0625. The fourth-order valence-corrected chi connectivity index (χ4v) is 3.63. The topological polar surface area (TPSA) is 76.4 Å². The number of fused-ring (bicyclic) bond motifs is 1. The maximum absolute atomic E-state index is 12.4. The van der Waals surface area contributed by atoms with Crippen LogP contribution in [0.3, 0.4) is 0 Å². The molecule has 0 radical (unpaired) electrons. The van der Waals surface area contributed by atoms with Crippen LogP contribution in [0, 0.1) is 0 Å². The Hall–Kier alpha value is -2.60. The van der Waals surface area contributed by atoms with Crippen molar-refractivity contribution in [3.8, 4) is 0 Å². The van der Waals surface area contributed by atoms with Gasteiger partial charge in [-0.2, -0.15) is 0 Å². The van der Waals surface area contributed by atoms with E-state index in [1.807, 2.05) is 0 Å². The van der Waals surface area contributed by atoms with Crippen LogP contribution in [0.2, 0.25) is 0 Å². The zero-order valence-corrected chi connectivity index (χ0v) is 12.3. The number of nitrogens with zero attached hydrogens (tertiary/aromatic N) is 1. The highest BCUT2D eigenvalue weighted by atomic mass is 32.2. The van der Waals surface area contributed by atoms with Gasteiger partial charge >= 0.3 is 5.97 Å². The number of sulfone groups is 1. The molecule has 0 aliphatic carbocycles. The fourth-order valence-electron chi connectivity index (χ4n) is 2.31. The van der Waals surface area contributed by atoms with Crippen molar-refractivity contribution < 1.29 is 18.3 Å². The molecule has 0 spiro atoms. The molecule has 0 amide bonds. The number of carboxylic acid groups (broad SMARTS) is 1. The second kappa shape index (κ2) is 5.31. The minimum atomic E-state index is -3.49. The van der Waals surface area contributed by atoms with Crippen molar-refractivity contribution in [1.29, 1.82) is 0 Å². The lowest BCUT2D eigenvalue weighted by molar-refractivity contribution is 0.0697. The van der Waals surface area contributed by atoms with Gasteiger partial charge in [-0.25, -0.2) is 13.2 Å². The summed E-state index contributed by atoms with van der Waals surface area (Å²) in [6, 6.07) is 14.6. The minimum Gasteiger partial charge on any atom is -0.478 e. The summed E-state index contributed by atoms with van der Waals surface area (Å²) >= 11 is 0. The average Bonchev–Trinajstić information content (AvgIpc) is 2.90. The van der Waals surface area contributed by atoms with Gasteiger partial charge in [-0.3, -0.25) is 0 Å². The van der Waals surface area contributed by atoms with Crippen molar-refractivity contribution in [3.05, 3.63) is 66.4 Å². The average molecular weight is 315 g/mol. The summed E-state index contributed by atoms with van der Waals surface area (Å²) in [5.41, 5.74) is 0.712. The molecule has 1 N–H and O–H groups in total. The Balaban J connectivity index is 2.04. The summed E-state index contributed by atoms with van der Waals surface area (Å²) in [5, 5.41) is 9.86. The first-order chi connectivity index (χ1) is 10.5. The highest BCUT2D eigenvalue weighted by Gasteiger charge is 2.16. The molecular weight excluding hydrogens is 302 g/mol. The van der Waals surface area contributed by atoms with E-state index in [0.717, 1.165) is 5.39 Å². The predicted molar refractivity (Wildman–Crippen MR) is 82.5 cm³/mol. The van der Waals surface area contributed by atoms with Crippen molar-refractivity contribution >= 4 is 26.7 Å². The zero-order chi connectivity index (χ0) is 15.7. The minimum absolute atomic E-state index is 0.129. The van der Waals surface area contributed by atoms with E-state index in [9.17, 15) is 13.2 Å². The van der Waals surface area contributed by atoms with Crippen molar-refractivity contribution in [2.75, 3.05) is 0 Å². The summed E-state index contributed by atoms with van der Waals surface area (Å²) in [7, 11) is -3.49. The molecule has 0 bridgehead atoms. The highest BCUT2D eigenvalue weighted by Crippen LogP contribution is 2.21. The Morgan fingerprint density at radius 2 is 1.77 bits per heavy atom. The van der Waals surface area contributed by atoms with Crippen LogP contribution < -0.4 is 0 Å². The molecular formula is C16H13NO4S. The third kappa shape index (κ3) is 2.60. The van der Waals surface area contributed by atoms with E-state index in [4.69, 9.17) is 5.11 Å². The molecule has 0 atom stereocenters. The number of aromatic nitrogens is 1. The molecule has 1 aromatic heterocycles. The molecule has 0 fully saturated rings. The molecule has 6 heteroatoms. The molecule has 112 valence electrons. The van der Waals surface area contributed by atoms with Gasteiger partial charge in [0.05, 0.1) is 10.5 Å². The summed E-state index contributed by atoms with van der Waals surface area (Å²) < 4.78 is 26.4.